The predicted molar refractivity (Wildman–Crippen MR) is 110 cm³/mol. The first-order valence-electron chi connectivity index (χ1n) is 9.51. The number of carbonyl (C=O) groups is 1. The lowest BCUT2D eigenvalue weighted by atomic mass is 10.2. The van der Waals surface area contributed by atoms with E-state index in [2.05, 4.69) is 20.3 Å². The Hall–Kier alpha value is -3.53. The van der Waals surface area contributed by atoms with Crippen molar-refractivity contribution < 1.29 is 14.3 Å². The summed E-state index contributed by atoms with van der Waals surface area (Å²) >= 11 is 0. The van der Waals surface area contributed by atoms with Crippen LogP contribution in [0.4, 0.5) is 0 Å². The molecule has 0 unspecified atom stereocenters. The Balaban J connectivity index is 1.80. The molecular weight excluding hydrogens is 390 g/mol. The molecule has 0 bridgehead atoms. The number of pyridine rings is 2. The number of methoxy groups -OCH3 is 1. The van der Waals surface area contributed by atoms with Crippen molar-refractivity contribution in [2.75, 3.05) is 20.3 Å². The number of aryl methyl sites for hydroxylation is 1. The van der Waals surface area contributed by atoms with Crippen molar-refractivity contribution in [2.45, 2.75) is 26.4 Å². The van der Waals surface area contributed by atoms with E-state index in [0.717, 1.165) is 0 Å². The van der Waals surface area contributed by atoms with Crippen LogP contribution in [0.1, 0.15) is 29.3 Å². The average Bonchev–Trinajstić information content (AvgIpc) is 2.75. The second-order valence-electron chi connectivity index (χ2n) is 6.50. The SMILES string of the molecule is CCCn1c(=O)[nH]c(=O)c2cc(C(=O)NCc3cccnc3OCCOC)cnc21. The van der Waals surface area contributed by atoms with Crippen LogP contribution in [0.15, 0.2) is 40.2 Å². The van der Waals surface area contributed by atoms with Crippen LogP contribution in [0.3, 0.4) is 0 Å². The molecule has 0 aromatic carbocycles. The normalized spacial score (nSPS) is 10.9. The van der Waals surface area contributed by atoms with E-state index in [9.17, 15) is 14.4 Å². The number of nitrogens with zero attached hydrogens (tertiary/aromatic N) is 3. The molecule has 3 aromatic heterocycles. The van der Waals surface area contributed by atoms with Crippen LogP contribution in [0.25, 0.3) is 11.0 Å². The van der Waals surface area contributed by atoms with Gasteiger partial charge in [-0.15, -0.1) is 0 Å². The van der Waals surface area contributed by atoms with Crippen molar-refractivity contribution in [1.29, 1.82) is 0 Å². The Morgan fingerprint density at radius 3 is 2.87 bits per heavy atom. The number of ether oxygens (including phenoxy) is 2. The van der Waals surface area contributed by atoms with E-state index in [0.29, 0.717) is 37.6 Å². The van der Waals surface area contributed by atoms with Crippen molar-refractivity contribution in [2.24, 2.45) is 0 Å². The number of nitrogens with one attached hydrogen (secondary N) is 2. The standard InChI is InChI=1S/C20H23N5O5/c1-3-7-25-16-15(18(27)24-20(25)28)10-14(12-22-16)17(26)23-11-13-5-4-6-21-19(13)30-9-8-29-2/h4-6,10,12H,3,7-9,11H2,1-2H3,(H,23,26)(H,24,27,28). The van der Waals surface area contributed by atoms with Crippen molar-refractivity contribution in [1.82, 2.24) is 24.8 Å². The van der Waals surface area contributed by atoms with E-state index >= 15 is 0 Å². The van der Waals surface area contributed by atoms with E-state index in [1.807, 2.05) is 6.92 Å². The third-order valence-electron chi connectivity index (χ3n) is 4.36. The highest BCUT2D eigenvalue weighted by molar-refractivity contribution is 5.96. The van der Waals surface area contributed by atoms with Gasteiger partial charge in [0.15, 0.2) is 0 Å². The Morgan fingerprint density at radius 2 is 2.10 bits per heavy atom. The van der Waals surface area contributed by atoms with E-state index in [1.165, 1.54) is 16.8 Å². The first-order chi connectivity index (χ1) is 14.5. The van der Waals surface area contributed by atoms with Gasteiger partial charge in [0.25, 0.3) is 11.5 Å². The van der Waals surface area contributed by atoms with E-state index in [1.54, 1.807) is 25.4 Å². The van der Waals surface area contributed by atoms with E-state index in [-0.39, 0.29) is 23.1 Å². The number of H-pyrrole nitrogens is 1. The molecule has 1 amide bonds. The summed E-state index contributed by atoms with van der Waals surface area (Å²) in [6.45, 7) is 3.27. The molecule has 3 rings (SSSR count). The summed E-state index contributed by atoms with van der Waals surface area (Å²) in [7, 11) is 1.58. The lowest BCUT2D eigenvalue weighted by Crippen LogP contribution is -2.31. The zero-order chi connectivity index (χ0) is 21.5. The minimum absolute atomic E-state index is 0.179. The molecule has 158 valence electrons. The molecule has 30 heavy (non-hydrogen) atoms. The zero-order valence-corrected chi connectivity index (χ0v) is 16.8. The van der Waals surface area contributed by atoms with E-state index in [4.69, 9.17) is 9.47 Å². The number of hydrogen-bond donors (Lipinski definition) is 2. The van der Waals surface area contributed by atoms with Crippen LogP contribution in [0.2, 0.25) is 0 Å². The van der Waals surface area contributed by atoms with Crippen LogP contribution in [-0.4, -0.2) is 45.7 Å². The van der Waals surface area contributed by atoms with Gasteiger partial charge < -0.3 is 14.8 Å². The molecular formula is C20H23N5O5. The quantitative estimate of drug-likeness (QED) is 0.498. The number of carbonyl (C=O) groups excluding carboxylic acids is 1. The van der Waals surface area contributed by atoms with Crippen molar-refractivity contribution >= 4 is 16.9 Å². The summed E-state index contributed by atoms with van der Waals surface area (Å²) in [6, 6.07) is 4.97. The molecule has 0 aliphatic rings. The summed E-state index contributed by atoms with van der Waals surface area (Å²) in [6.07, 6.45) is 3.65. The van der Waals surface area contributed by atoms with Crippen molar-refractivity contribution in [3.63, 3.8) is 0 Å². The number of aromatic nitrogens is 4. The summed E-state index contributed by atoms with van der Waals surface area (Å²) in [5, 5.41) is 2.95. The van der Waals surface area contributed by atoms with Crippen LogP contribution < -0.4 is 21.3 Å². The second-order valence-corrected chi connectivity index (χ2v) is 6.50. The lowest BCUT2D eigenvalue weighted by Gasteiger charge is -2.11. The lowest BCUT2D eigenvalue weighted by molar-refractivity contribution is 0.0950. The molecule has 10 heteroatoms. The highest BCUT2D eigenvalue weighted by Gasteiger charge is 2.14. The molecule has 0 saturated heterocycles. The van der Waals surface area contributed by atoms with Gasteiger partial charge in [-0.2, -0.15) is 0 Å². The molecule has 0 spiro atoms. The molecule has 0 fully saturated rings. The Labute approximate surface area is 171 Å². The van der Waals surface area contributed by atoms with Gasteiger partial charge in [-0.05, 0) is 18.6 Å². The van der Waals surface area contributed by atoms with E-state index < -0.39 is 17.2 Å². The molecule has 10 nitrogen and oxygen atoms in total. The number of rotatable bonds is 9. The minimum Gasteiger partial charge on any atom is -0.475 e. The smallest absolute Gasteiger partial charge is 0.329 e. The maximum Gasteiger partial charge on any atom is 0.329 e. The number of hydrogen-bond acceptors (Lipinski definition) is 7. The van der Waals surface area contributed by atoms with Gasteiger partial charge in [-0.25, -0.2) is 14.8 Å². The fourth-order valence-electron chi connectivity index (χ4n) is 2.91. The average molecular weight is 413 g/mol. The monoisotopic (exact) mass is 413 g/mol. The number of fused-ring (bicyclic) bond motifs is 1. The summed E-state index contributed by atoms with van der Waals surface area (Å²) in [4.78, 5) is 47.5. The molecule has 0 radical (unpaired) electrons. The molecule has 0 aliphatic heterocycles. The maximum absolute atomic E-state index is 12.6. The van der Waals surface area contributed by atoms with Crippen LogP contribution in [0, 0.1) is 0 Å². The molecule has 3 heterocycles. The van der Waals surface area contributed by atoms with Crippen molar-refractivity contribution in [3.8, 4) is 5.88 Å². The predicted octanol–water partition coefficient (Wildman–Crippen LogP) is 0.845. The first kappa shape index (κ1) is 21.2. The third-order valence-corrected chi connectivity index (χ3v) is 4.36. The highest BCUT2D eigenvalue weighted by Crippen LogP contribution is 2.14. The van der Waals surface area contributed by atoms with Crippen LogP contribution in [0.5, 0.6) is 5.88 Å². The van der Waals surface area contributed by atoms with Crippen molar-refractivity contribution in [3.05, 3.63) is 62.6 Å². The van der Waals surface area contributed by atoms with Gasteiger partial charge in [-0.1, -0.05) is 13.0 Å². The van der Waals surface area contributed by atoms with Gasteiger partial charge in [0.05, 0.1) is 17.6 Å². The molecule has 2 N–H and O–H groups in total. The first-order valence-corrected chi connectivity index (χ1v) is 9.51. The summed E-state index contributed by atoms with van der Waals surface area (Å²) in [5.41, 5.74) is 0.0660. The van der Waals surface area contributed by atoms with Gasteiger partial charge in [0, 0.05) is 38.2 Å². The summed E-state index contributed by atoms with van der Waals surface area (Å²) in [5.74, 6) is -0.00440. The Bertz CT molecular complexity index is 1150. The number of aromatic amines is 1. The highest BCUT2D eigenvalue weighted by atomic mass is 16.5. The van der Waals surface area contributed by atoms with Gasteiger partial charge in [0.1, 0.15) is 12.3 Å². The number of amides is 1. The Kier molecular flexibility index (Phi) is 6.91. The maximum atomic E-state index is 12.6. The molecule has 3 aromatic rings. The second kappa shape index (κ2) is 9.79. The molecule has 0 atom stereocenters. The van der Waals surface area contributed by atoms with Crippen LogP contribution in [-0.2, 0) is 17.8 Å². The largest absolute Gasteiger partial charge is 0.475 e. The fourth-order valence-corrected chi connectivity index (χ4v) is 2.91. The third kappa shape index (κ3) is 4.71. The van der Waals surface area contributed by atoms with Crippen LogP contribution >= 0.6 is 0 Å². The van der Waals surface area contributed by atoms with Gasteiger partial charge in [-0.3, -0.25) is 19.1 Å². The Morgan fingerprint density at radius 1 is 1.27 bits per heavy atom. The molecule has 0 aliphatic carbocycles. The zero-order valence-electron chi connectivity index (χ0n) is 16.8. The van der Waals surface area contributed by atoms with Gasteiger partial charge >= 0.3 is 5.69 Å². The minimum atomic E-state index is -0.578. The topological polar surface area (TPSA) is 128 Å². The summed E-state index contributed by atoms with van der Waals surface area (Å²) < 4.78 is 11.9. The van der Waals surface area contributed by atoms with Gasteiger partial charge in [0.2, 0.25) is 5.88 Å². The fraction of sp³-hybridized carbons (Fsp3) is 0.350. The molecule has 0 saturated carbocycles.